The molecule has 126 valence electrons. The van der Waals surface area contributed by atoms with Gasteiger partial charge >= 0.3 is 0 Å². The molecule has 0 saturated carbocycles. The van der Waals surface area contributed by atoms with Crippen molar-refractivity contribution in [3.8, 4) is 0 Å². The lowest BCUT2D eigenvalue weighted by Gasteiger charge is -2.11. The van der Waals surface area contributed by atoms with Gasteiger partial charge in [0.1, 0.15) is 0 Å². The summed E-state index contributed by atoms with van der Waals surface area (Å²) in [6, 6.07) is 13.4. The number of pyridine rings is 1. The van der Waals surface area contributed by atoms with E-state index in [4.69, 9.17) is 0 Å². The van der Waals surface area contributed by atoms with Gasteiger partial charge in [-0.2, -0.15) is 0 Å². The molecule has 1 aromatic heterocycles. The van der Waals surface area contributed by atoms with E-state index in [0.717, 1.165) is 33.3 Å². The number of hydrogen-bond donors (Lipinski definition) is 2. The predicted molar refractivity (Wildman–Crippen MR) is 103 cm³/mol. The highest BCUT2D eigenvalue weighted by atomic mass is 16.1. The van der Waals surface area contributed by atoms with Gasteiger partial charge in [0.2, 0.25) is 5.91 Å². The Kier molecular flexibility index (Phi) is 4.52. The molecule has 0 bridgehead atoms. The number of carbonyl (C=O) groups excluding carboxylic acids is 1. The maximum absolute atomic E-state index is 12.2. The van der Waals surface area contributed by atoms with Crippen molar-refractivity contribution in [2.45, 2.75) is 20.8 Å². The summed E-state index contributed by atoms with van der Waals surface area (Å²) in [5.41, 5.74) is 5.01. The topological polar surface area (TPSA) is 62.0 Å². The molecular formula is C21H20N2O2. The number of amides is 1. The highest BCUT2D eigenvalue weighted by molar-refractivity contribution is 6.03. The normalized spacial score (nSPS) is 11.2. The number of aromatic nitrogens is 1. The van der Waals surface area contributed by atoms with Crippen LogP contribution in [0.25, 0.3) is 17.0 Å². The monoisotopic (exact) mass is 332 g/mol. The third-order valence-electron chi connectivity index (χ3n) is 4.12. The summed E-state index contributed by atoms with van der Waals surface area (Å²) >= 11 is 0. The number of rotatable bonds is 3. The standard InChI is InChI=1S/C21H20N2O2/c1-13-10-14(2)20(15(3)11-13)23-19(24)9-8-17-12-16-6-4-5-7-18(16)22-21(17)25/h4-12H,1-3H3,(H,22,25)(H,23,24)/b9-8+. The van der Waals surface area contributed by atoms with Gasteiger partial charge in [0, 0.05) is 22.8 Å². The van der Waals surface area contributed by atoms with Crippen LogP contribution in [0.5, 0.6) is 0 Å². The van der Waals surface area contributed by atoms with Crippen LogP contribution in [0.1, 0.15) is 22.3 Å². The first-order valence-corrected chi connectivity index (χ1v) is 8.13. The number of hydrogen-bond acceptors (Lipinski definition) is 2. The minimum Gasteiger partial charge on any atom is -0.322 e. The van der Waals surface area contributed by atoms with E-state index in [9.17, 15) is 9.59 Å². The molecule has 4 heteroatoms. The van der Waals surface area contributed by atoms with Crippen molar-refractivity contribution in [1.29, 1.82) is 0 Å². The van der Waals surface area contributed by atoms with E-state index in [-0.39, 0.29) is 11.5 Å². The van der Waals surface area contributed by atoms with Gasteiger partial charge in [-0.3, -0.25) is 9.59 Å². The zero-order valence-corrected chi connectivity index (χ0v) is 14.5. The average Bonchev–Trinajstić information content (AvgIpc) is 2.56. The van der Waals surface area contributed by atoms with Crippen LogP contribution in [-0.2, 0) is 4.79 Å². The minimum absolute atomic E-state index is 0.217. The van der Waals surface area contributed by atoms with Crippen molar-refractivity contribution >= 4 is 28.6 Å². The largest absolute Gasteiger partial charge is 0.322 e. The Hall–Kier alpha value is -3.14. The number of nitrogens with one attached hydrogen (secondary N) is 2. The number of aryl methyl sites for hydroxylation is 3. The summed E-state index contributed by atoms with van der Waals surface area (Å²) in [5.74, 6) is -0.261. The third kappa shape index (κ3) is 3.69. The zero-order valence-electron chi connectivity index (χ0n) is 14.5. The summed E-state index contributed by atoms with van der Waals surface area (Å²) in [4.78, 5) is 27.2. The minimum atomic E-state index is -0.261. The number of fused-ring (bicyclic) bond motifs is 1. The fourth-order valence-corrected chi connectivity index (χ4v) is 3.00. The lowest BCUT2D eigenvalue weighted by molar-refractivity contribution is -0.111. The summed E-state index contributed by atoms with van der Waals surface area (Å²) in [7, 11) is 0. The van der Waals surface area contributed by atoms with Crippen molar-refractivity contribution < 1.29 is 4.79 Å². The van der Waals surface area contributed by atoms with Gasteiger partial charge in [0.05, 0.1) is 0 Å². The molecule has 1 amide bonds. The van der Waals surface area contributed by atoms with E-state index in [2.05, 4.69) is 10.3 Å². The second-order valence-corrected chi connectivity index (χ2v) is 6.24. The number of benzene rings is 2. The Labute approximate surface area is 146 Å². The van der Waals surface area contributed by atoms with E-state index >= 15 is 0 Å². The second-order valence-electron chi connectivity index (χ2n) is 6.24. The maximum Gasteiger partial charge on any atom is 0.255 e. The highest BCUT2D eigenvalue weighted by Gasteiger charge is 2.06. The second kappa shape index (κ2) is 6.77. The van der Waals surface area contributed by atoms with Crippen molar-refractivity contribution in [3.05, 3.63) is 81.1 Å². The molecule has 0 saturated heterocycles. The van der Waals surface area contributed by atoms with Crippen LogP contribution < -0.4 is 10.9 Å². The van der Waals surface area contributed by atoms with Gasteiger partial charge < -0.3 is 10.3 Å². The van der Waals surface area contributed by atoms with Gasteiger partial charge in [-0.25, -0.2) is 0 Å². The summed E-state index contributed by atoms with van der Waals surface area (Å²) in [6.07, 6.45) is 2.93. The summed E-state index contributed by atoms with van der Waals surface area (Å²) in [5, 5.41) is 3.82. The Morgan fingerprint density at radius 2 is 1.72 bits per heavy atom. The van der Waals surface area contributed by atoms with E-state index in [1.807, 2.05) is 57.2 Å². The Bertz CT molecular complexity index is 1020. The molecule has 3 aromatic rings. The fraction of sp³-hybridized carbons (Fsp3) is 0.143. The number of carbonyl (C=O) groups is 1. The third-order valence-corrected chi connectivity index (χ3v) is 4.12. The molecule has 0 aliphatic heterocycles. The predicted octanol–water partition coefficient (Wildman–Crippen LogP) is 4.11. The van der Waals surface area contributed by atoms with Crippen molar-refractivity contribution in [3.63, 3.8) is 0 Å². The number of H-pyrrole nitrogens is 1. The van der Waals surface area contributed by atoms with Crippen molar-refractivity contribution in [2.75, 3.05) is 5.32 Å². The molecule has 3 rings (SSSR count). The van der Waals surface area contributed by atoms with Crippen LogP contribution in [0.2, 0.25) is 0 Å². The number of anilines is 1. The Morgan fingerprint density at radius 3 is 2.44 bits per heavy atom. The Morgan fingerprint density at radius 1 is 1.04 bits per heavy atom. The van der Waals surface area contributed by atoms with Gasteiger partial charge in [-0.05, 0) is 55.5 Å². The van der Waals surface area contributed by atoms with Crippen LogP contribution in [-0.4, -0.2) is 10.9 Å². The lowest BCUT2D eigenvalue weighted by Crippen LogP contribution is -2.12. The van der Waals surface area contributed by atoms with E-state index in [0.29, 0.717) is 5.56 Å². The van der Waals surface area contributed by atoms with Crippen LogP contribution in [0.15, 0.2) is 53.3 Å². The van der Waals surface area contributed by atoms with E-state index in [1.54, 1.807) is 12.1 Å². The van der Waals surface area contributed by atoms with E-state index < -0.39 is 0 Å². The smallest absolute Gasteiger partial charge is 0.255 e. The number of para-hydroxylation sites is 1. The number of aromatic amines is 1. The van der Waals surface area contributed by atoms with Crippen LogP contribution in [0, 0.1) is 20.8 Å². The molecule has 1 heterocycles. The molecule has 0 aliphatic carbocycles. The molecule has 2 aromatic carbocycles. The fourth-order valence-electron chi connectivity index (χ4n) is 3.00. The van der Waals surface area contributed by atoms with Crippen molar-refractivity contribution in [2.24, 2.45) is 0 Å². The molecule has 0 aliphatic rings. The first kappa shape index (κ1) is 16.7. The van der Waals surface area contributed by atoms with Gasteiger partial charge in [0.25, 0.3) is 5.56 Å². The van der Waals surface area contributed by atoms with E-state index in [1.165, 1.54) is 6.08 Å². The van der Waals surface area contributed by atoms with Crippen LogP contribution >= 0.6 is 0 Å². The molecule has 0 fully saturated rings. The van der Waals surface area contributed by atoms with Crippen molar-refractivity contribution in [1.82, 2.24) is 4.98 Å². The lowest BCUT2D eigenvalue weighted by atomic mass is 10.1. The van der Waals surface area contributed by atoms with Gasteiger partial charge in [0.15, 0.2) is 0 Å². The average molecular weight is 332 g/mol. The molecule has 0 spiro atoms. The molecule has 25 heavy (non-hydrogen) atoms. The summed E-state index contributed by atoms with van der Waals surface area (Å²) < 4.78 is 0. The van der Waals surface area contributed by atoms with Crippen LogP contribution in [0.3, 0.4) is 0 Å². The highest BCUT2D eigenvalue weighted by Crippen LogP contribution is 2.22. The molecule has 4 nitrogen and oxygen atoms in total. The van der Waals surface area contributed by atoms with Crippen LogP contribution in [0.4, 0.5) is 5.69 Å². The van der Waals surface area contributed by atoms with Gasteiger partial charge in [-0.15, -0.1) is 0 Å². The first-order chi connectivity index (χ1) is 11.9. The van der Waals surface area contributed by atoms with Gasteiger partial charge in [-0.1, -0.05) is 35.9 Å². The molecule has 0 atom stereocenters. The first-order valence-electron chi connectivity index (χ1n) is 8.13. The molecule has 2 N–H and O–H groups in total. The quantitative estimate of drug-likeness (QED) is 0.709. The summed E-state index contributed by atoms with van der Waals surface area (Å²) in [6.45, 7) is 5.96. The molecule has 0 unspecified atom stereocenters. The molecular weight excluding hydrogens is 312 g/mol. The SMILES string of the molecule is Cc1cc(C)c(NC(=O)/C=C/c2cc3ccccc3[nH]c2=O)c(C)c1. The molecule has 0 radical (unpaired) electrons. The Balaban J connectivity index is 1.84. The maximum atomic E-state index is 12.2. The zero-order chi connectivity index (χ0) is 18.0.